The minimum Gasteiger partial charge on any atom is -0.399 e. The molecule has 2 N–H and O–H groups in total. The first-order valence-corrected chi connectivity index (χ1v) is 10.8. The summed E-state index contributed by atoms with van der Waals surface area (Å²) in [6.07, 6.45) is 1.07. The molecule has 0 saturated carbocycles. The fraction of sp³-hybridized carbons (Fsp3) is 0.500. The summed E-state index contributed by atoms with van der Waals surface area (Å²) < 4.78 is 50.5. The largest absolute Gasteiger partial charge is 0.399 e. The quantitative estimate of drug-likeness (QED) is 0.805. The number of benzene rings is 1. The summed E-state index contributed by atoms with van der Waals surface area (Å²) in [7, 11) is -7.38. The Kier molecular flexibility index (Phi) is 4.57. The zero-order chi connectivity index (χ0) is 15.8. The highest BCUT2D eigenvalue weighted by Gasteiger charge is 2.39. The second-order valence-electron chi connectivity index (χ2n) is 5.00. The molecule has 1 atom stereocenters. The lowest BCUT2D eigenvalue weighted by Gasteiger charge is -2.33. The molecular formula is C12H18N2O4S3. The first kappa shape index (κ1) is 16.6. The first-order valence-electron chi connectivity index (χ1n) is 6.28. The van der Waals surface area contributed by atoms with Gasteiger partial charge in [-0.1, -0.05) is 6.07 Å². The molecule has 0 amide bonds. The number of hydrogen-bond acceptors (Lipinski definition) is 6. The van der Waals surface area contributed by atoms with Gasteiger partial charge in [-0.05, 0) is 24.6 Å². The number of hydrogen-bond donors (Lipinski definition) is 1. The van der Waals surface area contributed by atoms with E-state index in [0.717, 1.165) is 10.6 Å². The molecule has 9 heteroatoms. The number of sulfone groups is 1. The number of nitrogens with zero attached hydrogens (tertiary/aromatic N) is 1. The number of nitrogens with two attached hydrogens (primary N) is 1. The number of thioether (sulfide) groups is 1. The standard InChI is InChI=1S/C12H18N2O4S3/c1-9-3-4-10(13)7-11(9)21(17,18)14-5-6-19-8-12(14)20(2,15)16/h3-4,7,12H,5-6,8,13H2,1-2H3. The molecule has 0 radical (unpaired) electrons. The van der Waals surface area contributed by atoms with Crippen LogP contribution in [0.25, 0.3) is 0 Å². The maximum atomic E-state index is 12.8. The van der Waals surface area contributed by atoms with E-state index in [1.54, 1.807) is 19.1 Å². The SMILES string of the molecule is Cc1ccc(N)cc1S(=O)(=O)N1CCSCC1S(C)(=O)=O. The van der Waals surface area contributed by atoms with E-state index in [-0.39, 0.29) is 17.2 Å². The van der Waals surface area contributed by atoms with Gasteiger partial charge in [0.05, 0.1) is 4.90 Å². The lowest BCUT2D eigenvalue weighted by atomic mass is 10.2. The summed E-state index contributed by atoms with van der Waals surface area (Å²) in [5.74, 6) is 0.825. The van der Waals surface area contributed by atoms with E-state index in [1.807, 2.05) is 0 Å². The van der Waals surface area contributed by atoms with Crippen molar-refractivity contribution in [2.24, 2.45) is 0 Å². The molecule has 0 aliphatic carbocycles. The maximum Gasteiger partial charge on any atom is 0.244 e. The molecule has 1 aliphatic rings. The summed E-state index contributed by atoms with van der Waals surface area (Å²) in [5.41, 5.74) is 6.55. The van der Waals surface area contributed by atoms with Crippen LogP contribution in [0.3, 0.4) is 0 Å². The number of aryl methyl sites for hydroxylation is 1. The van der Waals surface area contributed by atoms with Crippen molar-refractivity contribution in [3.63, 3.8) is 0 Å². The molecule has 21 heavy (non-hydrogen) atoms. The van der Waals surface area contributed by atoms with Crippen molar-refractivity contribution in [3.05, 3.63) is 23.8 Å². The third-order valence-corrected chi connectivity index (χ3v) is 8.16. The summed E-state index contributed by atoms with van der Waals surface area (Å²) in [5, 5.41) is -1.03. The van der Waals surface area contributed by atoms with Gasteiger partial charge in [-0.25, -0.2) is 16.8 Å². The molecule has 1 aliphatic heterocycles. The molecule has 1 aromatic rings. The van der Waals surface area contributed by atoms with Crippen molar-refractivity contribution < 1.29 is 16.8 Å². The van der Waals surface area contributed by atoms with E-state index in [4.69, 9.17) is 5.73 Å². The van der Waals surface area contributed by atoms with Crippen molar-refractivity contribution >= 4 is 37.3 Å². The molecule has 0 aromatic heterocycles. The Morgan fingerprint density at radius 3 is 2.57 bits per heavy atom. The van der Waals surface area contributed by atoms with Gasteiger partial charge in [-0.15, -0.1) is 0 Å². The Morgan fingerprint density at radius 1 is 1.29 bits per heavy atom. The molecule has 1 aromatic carbocycles. The average Bonchev–Trinajstić information content (AvgIpc) is 2.40. The fourth-order valence-electron chi connectivity index (χ4n) is 2.20. The highest BCUT2D eigenvalue weighted by atomic mass is 32.2. The Balaban J connectivity index is 2.53. The van der Waals surface area contributed by atoms with E-state index in [2.05, 4.69) is 0 Å². The number of sulfonamides is 1. The van der Waals surface area contributed by atoms with Gasteiger partial charge in [-0.3, -0.25) is 0 Å². The Morgan fingerprint density at radius 2 is 1.95 bits per heavy atom. The van der Waals surface area contributed by atoms with Gasteiger partial charge in [0, 0.05) is 30.0 Å². The highest BCUT2D eigenvalue weighted by Crippen LogP contribution is 2.29. The molecule has 1 unspecified atom stereocenters. The molecule has 0 bridgehead atoms. The van der Waals surface area contributed by atoms with Gasteiger partial charge in [-0.2, -0.15) is 16.1 Å². The average molecular weight is 350 g/mol. The minimum atomic E-state index is -3.89. The van der Waals surface area contributed by atoms with Crippen LogP contribution in [0.5, 0.6) is 0 Å². The molecule has 118 valence electrons. The van der Waals surface area contributed by atoms with Gasteiger partial charge in [0.1, 0.15) is 5.37 Å². The van der Waals surface area contributed by atoms with Crippen molar-refractivity contribution in [3.8, 4) is 0 Å². The summed E-state index contributed by atoms with van der Waals surface area (Å²) in [6, 6.07) is 4.62. The fourth-order valence-corrected chi connectivity index (χ4v) is 7.63. The van der Waals surface area contributed by atoms with Gasteiger partial charge in [0.25, 0.3) is 0 Å². The molecular weight excluding hydrogens is 332 g/mol. The van der Waals surface area contributed by atoms with Crippen LogP contribution < -0.4 is 5.73 Å². The van der Waals surface area contributed by atoms with Crippen LogP contribution in [0.15, 0.2) is 23.1 Å². The van der Waals surface area contributed by atoms with Crippen LogP contribution in [-0.2, 0) is 19.9 Å². The number of rotatable bonds is 3. The van der Waals surface area contributed by atoms with Crippen LogP contribution in [0.1, 0.15) is 5.56 Å². The Labute approximate surface area is 129 Å². The molecule has 6 nitrogen and oxygen atoms in total. The normalized spacial score (nSPS) is 21.3. The summed E-state index contributed by atoms with van der Waals surface area (Å²) in [4.78, 5) is 0.0723. The minimum absolute atomic E-state index is 0.0723. The van der Waals surface area contributed by atoms with Gasteiger partial charge >= 0.3 is 0 Å². The molecule has 0 spiro atoms. The maximum absolute atomic E-state index is 12.8. The van der Waals surface area contributed by atoms with Crippen molar-refractivity contribution in [2.45, 2.75) is 17.2 Å². The topological polar surface area (TPSA) is 97.5 Å². The highest BCUT2D eigenvalue weighted by molar-refractivity contribution is 8.01. The molecule has 2 rings (SSSR count). The Bertz CT molecular complexity index is 744. The van der Waals surface area contributed by atoms with Gasteiger partial charge in [0.15, 0.2) is 9.84 Å². The van der Waals surface area contributed by atoms with Crippen LogP contribution >= 0.6 is 11.8 Å². The third kappa shape index (κ3) is 3.36. The van der Waals surface area contributed by atoms with Crippen LogP contribution in [0.2, 0.25) is 0 Å². The van der Waals surface area contributed by atoms with E-state index in [1.165, 1.54) is 17.8 Å². The molecule has 1 saturated heterocycles. The second-order valence-corrected chi connectivity index (χ2v) is 10.2. The number of anilines is 1. The monoisotopic (exact) mass is 350 g/mol. The second kappa shape index (κ2) is 5.79. The summed E-state index contributed by atoms with van der Waals surface area (Å²) in [6.45, 7) is 1.85. The van der Waals surface area contributed by atoms with Gasteiger partial charge in [0.2, 0.25) is 10.0 Å². The van der Waals surface area contributed by atoms with E-state index >= 15 is 0 Å². The van der Waals surface area contributed by atoms with Gasteiger partial charge < -0.3 is 5.73 Å². The van der Waals surface area contributed by atoms with E-state index < -0.39 is 25.2 Å². The van der Waals surface area contributed by atoms with Crippen LogP contribution in [0, 0.1) is 6.92 Å². The predicted molar refractivity (Wildman–Crippen MR) is 85.4 cm³/mol. The van der Waals surface area contributed by atoms with Crippen LogP contribution in [0.4, 0.5) is 5.69 Å². The zero-order valence-corrected chi connectivity index (χ0v) is 14.3. The van der Waals surface area contributed by atoms with Crippen molar-refractivity contribution in [2.75, 3.05) is 30.0 Å². The van der Waals surface area contributed by atoms with Crippen molar-refractivity contribution in [1.82, 2.24) is 4.31 Å². The molecule has 1 fully saturated rings. The van der Waals surface area contributed by atoms with Crippen molar-refractivity contribution in [1.29, 1.82) is 0 Å². The predicted octanol–water partition coefficient (Wildman–Crippen LogP) is 0.685. The lowest BCUT2D eigenvalue weighted by Crippen LogP contribution is -2.49. The first-order chi connectivity index (χ1) is 9.64. The lowest BCUT2D eigenvalue weighted by molar-refractivity contribution is 0.404. The zero-order valence-electron chi connectivity index (χ0n) is 11.8. The Hall–Kier alpha value is -0.770. The van der Waals surface area contributed by atoms with Crippen LogP contribution in [-0.4, -0.2) is 50.8 Å². The van der Waals surface area contributed by atoms with E-state index in [0.29, 0.717) is 17.0 Å². The third-order valence-electron chi connectivity index (χ3n) is 3.33. The summed E-state index contributed by atoms with van der Waals surface area (Å²) >= 11 is 1.44. The number of nitrogen functional groups attached to an aromatic ring is 1. The molecule has 1 heterocycles. The van der Waals surface area contributed by atoms with E-state index in [9.17, 15) is 16.8 Å². The smallest absolute Gasteiger partial charge is 0.244 e.